The van der Waals surface area contributed by atoms with Crippen LogP contribution in [0.15, 0.2) is 18.3 Å². The third-order valence-corrected chi connectivity index (χ3v) is 1.94. The van der Waals surface area contributed by atoms with Gasteiger partial charge in [0.1, 0.15) is 5.82 Å². The lowest BCUT2D eigenvalue weighted by molar-refractivity contribution is 0.0944. The normalized spacial score (nSPS) is 11.4. The molecular weight excluding hydrogens is 176 g/mol. The quantitative estimate of drug-likeness (QED) is 0.768. The number of rotatable bonds is 4. The molecule has 0 spiro atoms. The van der Waals surface area contributed by atoms with Crippen LogP contribution in [0.3, 0.4) is 0 Å². The first-order valence-electron chi connectivity index (χ1n) is 4.92. The summed E-state index contributed by atoms with van der Waals surface area (Å²) in [5, 5.41) is 12.6. The Bertz CT molecular complexity index is 274. The zero-order chi connectivity index (χ0) is 10.6. The standard InChI is InChI=1S/C11H18N2O/c1-4-9-5-6-10(12-7-9)13-8-11(2,3)14/h5-7,14H,4,8H2,1-3H3,(H,12,13). The van der Waals surface area contributed by atoms with E-state index < -0.39 is 5.60 Å². The Morgan fingerprint density at radius 1 is 1.43 bits per heavy atom. The molecule has 3 nitrogen and oxygen atoms in total. The van der Waals surface area contributed by atoms with E-state index in [1.807, 2.05) is 18.3 Å². The van der Waals surface area contributed by atoms with Gasteiger partial charge in [-0.05, 0) is 31.9 Å². The second kappa shape index (κ2) is 4.42. The zero-order valence-electron chi connectivity index (χ0n) is 9.04. The summed E-state index contributed by atoms with van der Waals surface area (Å²) in [6.45, 7) is 6.13. The fraction of sp³-hybridized carbons (Fsp3) is 0.545. The molecule has 0 amide bonds. The van der Waals surface area contributed by atoms with Crippen molar-refractivity contribution in [3.8, 4) is 0 Å². The largest absolute Gasteiger partial charge is 0.389 e. The van der Waals surface area contributed by atoms with E-state index in [1.54, 1.807) is 13.8 Å². The Kier molecular flexibility index (Phi) is 3.47. The van der Waals surface area contributed by atoms with Crippen molar-refractivity contribution in [2.24, 2.45) is 0 Å². The van der Waals surface area contributed by atoms with E-state index in [2.05, 4.69) is 17.2 Å². The zero-order valence-corrected chi connectivity index (χ0v) is 9.04. The first kappa shape index (κ1) is 11.0. The summed E-state index contributed by atoms with van der Waals surface area (Å²) in [5.74, 6) is 0.810. The molecule has 2 N–H and O–H groups in total. The smallest absolute Gasteiger partial charge is 0.125 e. The highest BCUT2D eigenvalue weighted by Gasteiger charge is 2.11. The van der Waals surface area contributed by atoms with Gasteiger partial charge < -0.3 is 10.4 Å². The SMILES string of the molecule is CCc1ccc(NCC(C)(C)O)nc1. The molecule has 0 saturated heterocycles. The number of aryl methyl sites for hydroxylation is 1. The van der Waals surface area contributed by atoms with E-state index in [1.165, 1.54) is 5.56 Å². The van der Waals surface area contributed by atoms with Gasteiger partial charge in [-0.2, -0.15) is 0 Å². The molecular formula is C11H18N2O. The lowest BCUT2D eigenvalue weighted by atomic mass is 10.1. The summed E-state index contributed by atoms with van der Waals surface area (Å²) in [6.07, 6.45) is 2.85. The minimum atomic E-state index is -0.703. The van der Waals surface area contributed by atoms with E-state index in [4.69, 9.17) is 0 Å². The number of hydrogen-bond acceptors (Lipinski definition) is 3. The molecule has 0 aliphatic heterocycles. The first-order valence-corrected chi connectivity index (χ1v) is 4.92. The summed E-state index contributed by atoms with van der Waals surface area (Å²) in [6, 6.07) is 3.98. The summed E-state index contributed by atoms with van der Waals surface area (Å²) in [5.41, 5.74) is 0.518. The van der Waals surface area contributed by atoms with Gasteiger partial charge in [0.15, 0.2) is 0 Å². The maximum Gasteiger partial charge on any atom is 0.125 e. The van der Waals surface area contributed by atoms with E-state index in [0.717, 1.165) is 12.2 Å². The van der Waals surface area contributed by atoms with Crippen LogP contribution in [0, 0.1) is 0 Å². The van der Waals surface area contributed by atoms with Crippen LogP contribution in [-0.4, -0.2) is 22.2 Å². The fourth-order valence-corrected chi connectivity index (χ4v) is 1.05. The van der Waals surface area contributed by atoms with Gasteiger partial charge >= 0.3 is 0 Å². The molecule has 3 heteroatoms. The van der Waals surface area contributed by atoms with Gasteiger partial charge in [0.2, 0.25) is 0 Å². The van der Waals surface area contributed by atoms with Crippen LogP contribution < -0.4 is 5.32 Å². The Balaban J connectivity index is 2.52. The maximum absolute atomic E-state index is 9.49. The number of nitrogens with zero attached hydrogens (tertiary/aromatic N) is 1. The third kappa shape index (κ3) is 3.75. The summed E-state index contributed by atoms with van der Waals surface area (Å²) >= 11 is 0. The van der Waals surface area contributed by atoms with Gasteiger partial charge in [0.25, 0.3) is 0 Å². The average Bonchev–Trinajstić information content (AvgIpc) is 2.14. The van der Waals surface area contributed by atoms with Crippen molar-refractivity contribution in [1.29, 1.82) is 0 Å². The van der Waals surface area contributed by atoms with Crippen molar-refractivity contribution >= 4 is 5.82 Å². The molecule has 78 valence electrons. The molecule has 0 aromatic carbocycles. The summed E-state index contributed by atoms with van der Waals surface area (Å²) in [7, 11) is 0. The number of aromatic nitrogens is 1. The van der Waals surface area contributed by atoms with Crippen LogP contribution in [-0.2, 0) is 6.42 Å². The van der Waals surface area contributed by atoms with Crippen molar-refractivity contribution < 1.29 is 5.11 Å². The fourth-order valence-electron chi connectivity index (χ4n) is 1.05. The van der Waals surface area contributed by atoms with E-state index in [0.29, 0.717) is 6.54 Å². The maximum atomic E-state index is 9.49. The van der Waals surface area contributed by atoms with Gasteiger partial charge in [-0.25, -0.2) is 4.98 Å². The summed E-state index contributed by atoms with van der Waals surface area (Å²) < 4.78 is 0. The monoisotopic (exact) mass is 194 g/mol. The van der Waals surface area contributed by atoms with Crippen LogP contribution in [0.25, 0.3) is 0 Å². The van der Waals surface area contributed by atoms with Crippen LogP contribution in [0.2, 0.25) is 0 Å². The molecule has 0 radical (unpaired) electrons. The van der Waals surface area contributed by atoms with Gasteiger partial charge in [0.05, 0.1) is 5.60 Å². The van der Waals surface area contributed by atoms with E-state index in [-0.39, 0.29) is 0 Å². The van der Waals surface area contributed by atoms with Crippen molar-refractivity contribution in [1.82, 2.24) is 4.98 Å². The number of nitrogens with one attached hydrogen (secondary N) is 1. The molecule has 1 rings (SSSR count). The number of anilines is 1. The molecule has 0 aliphatic carbocycles. The number of pyridine rings is 1. The van der Waals surface area contributed by atoms with Gasteiger partial charge in [-0.15, -0.1) is 0 Å². The number of aliphatic hydroxyl groups is 1. The van der Waals surface area contributed by atoms with Crippen LogP contribution in [0.4, 0.5) is 5.82 Å². The van der Waals surface area contributed by atoms with Gasteiger partial charge in [-0.1, -0.05) is 13.0 Å². The molecule has 0 unspecified atom stereocenters. The molecule has 0 bridgehead atoms. The van der Waals surface area contributed by atoms with Crippen LogP contribution in [0.5, 0.6) is 0 Å². The van der Waals surface area contributed by atoms with Crippen LogP contribution in [0.1, 0.15) is 26.3 Å². The molecule has 0 fully saturated rings. The highest BCUT2D eigenvalue weighted by molar-refractivity contribution is 5.35. The Hall–Kier alpha value is -1.09. The lowest BCUT2D eigenvalue weighted by Crippen LogP contribution is -2.29. The van der Waals surface area contributed by atoms with Crippen molar-refractivity contribution in [3.63, 3.8) is 0 Å². The van der Waals surface area contributed by atoms with Crippen LogP contribution >= 0.6 is 0 Å². The average molecular weight is 194 g/mol. The van der Waals surface area contributed by atoms with Crippen molar-refractivity contribution in [3.05, 3.63) is 23.9 Å². The predicted molar refractivity (Wildman–Crippen MR) is 58.4 cm³/mol. The molecule has 0 saturated carbocycles. The first-order chi connectivity index (χ1) is 6.51. The Morgan fingerprint density at radius 3 is 2.57 bits per heavy atom. The third-order valence-electron chi connectivity index (χ3n) is 1.94. The Labute approximate surface area is 85.2 Å². The minimum Gasteiger partial charge on any atom is -0.389 e. The lowest BCUT2D eigenvalue weighted by Gasteiger charge is -2.17. The van der Waals surface area contributed by atoms with Crippen molar-refractivity contribution in [2.75, 3.05) is 11.9 Å². The van der Waals surface area contributed by atoms with Gasteiger partial charge in [0, 0.05) is 12.7 Å². The molecule has 1 heterocycles. The Morgan fingerprint density at radius 2 is 2.14 bits per heavy atom. The van der Waals surface area contributed by atoms with Gasteiger partial charge in [-0.3, -0.25) is 0 Å². The second-order valence-corrected chi connectivity index (χ2v) is 4.07. The van der Waals surface area contributed by atoms with E-state index in [9.17, 15) is 5.11 Å². The number of hydrogen-bond donors (Lipinski definition) is 2. The molecule has 0 atom stereocenters. The topological polar surface area (TPSA) is 45.1 Å². The molecule has 1 aromatic rings. The van der Waals surface area contributed by atoms with E-state index >= 15 is 0 Å². The highest BCUT2D eigenvalue weighted by Crippen LogP contribution is 2.07. The minimum absolute atomic E-state index is 0.505. The molecule has 0 aliphatic rings. The predicted octanol–water partition coefficient (Wildman–Crippen LogP) is 1.83. The highest BCUT2D eigenvalue weighted by atomic mass is 16.3. The molecule has 14 heavy (non-hydrogen) atoms. The van der Waals surface area contributed by atoms with Crippen molar-refractivity contribution in [2.45, 2.75) is 32.8 Å². The second-order valence-electron chi connectivity index (χ2n) is 4.07. The summed E-state index contributed by atoms with van der Waals surface area (Å²) in [4.78, 5) is 4.23. The molecule has 1 aromatic heterocycles.